The summed E-state index contributed by atoms with van der Waals surface area (Å²) in [5, 5.41) is 10.1. The van der Waals surface area contributed by atoms with Crippen molar-refractivity contribution >= 4 is 15.9 Å². The van der Waals surface area contributed by atoms with Gasteiger partial charge in [-0.05, 0) is 55.9 Å². The molecule has 1 fully saturated rings. The van der Waals surface area contributed by atoms with E-state index in [-0.39, 0.29) is 11.7 Å². The molecule has 1 heterocycles. The van der Waals surface area contributed by atoms with Gasteiger partial charge >= 0.3 is 6.18 Å². The summed E-state index contributed by atoms with van der Waals surface area (Å²) in [6.07, 6.45) is -0.963. The number of aliphatic hydroxyl groups excluding tert-OH is 1. The average Bonchev–Trinajstić information content (AvgIpc) is 2.91. The minimum atomic E-state index is -4.40. The SMILES string of the molecule is OC(CCCC1CCCO1)c1cc(C(F)(F)F)ccc1Br. The Morgan fingerprint density at radius 1 is 1.38 bits per heavy atom. The Hall–Kier alpha value is -0.590. The second-order valence-corrected chi connectivity index (χ2v) is 6.17. The highest BCUT2D eigenvalue weighted by Gasteiger charge is 2.31. The lowest BCUT2D eigenvalue weighted by atomic mass is 10.00. The number of benzene rings is 1. The fraction of sp³-hybridized carbons (Fsp3) is 0.600. The molecule has 0 radical (unpaired) electrons. The maximum atomic E-state index is 12.7. The summed E-state index contributed by atoms with van der Waals surface area (Å²) in [6, 6.07) is 3.36. The Kier molecular flexibility index (Phi) is 5.68. The fourth-order valence-electron chi connectivity index (χ4n) is 2.54. The van der Waals surface area contributed by atoms with Crippen LogP contribution in [-0.2, 0) is 10.9 Å². The van der Waals surface area contributed by atoms with Gasteiger partial charge < -0.3 is 9.84 Å². The van der Waals surface area contributed by atoms with Crippen molar-refractivity contribution in [1.82, 2.24) is 0 Å². The van der Waals surface area contributed by atoms with Crippen LogP contribution in [0.4, 0.5) is 13.2 Å². The quantitative estimate of drug-likeness (QED) is 0.806. The summed E-state index contributed by atoms with van der Waals surface area (Å²) < 4.78 is 44.1. The van der Waals surface area contributed by atoms with Crippen molar-refractivity contribution in [3.8, 4) is 0 Å². The molecule has 0 amide bonds. The molecule has 1 aliphatic rings. The van der Waals surface area contributed by atoms with Gasteiger partial charge in [0.15, 0.2) is 0 Å². The lowest BCUT2D eigenvalue weighted by molar-refractivity contribution is -0.137. The predicted molar refractivity (Wildman–Crippen MR) is 76.9 cm³/mol. The number of hydrogen-bond acceptors (Lipinski definition) is 2. The molecule has 1 aromatic rings. The first-order chi connectivity index (χ1) is 9.88. The molecule has 21 heavy (non-hydrogen) atoms. The number of halogens is 4. The molecule has 2 nitrogen and oxygen atoms in total. The molecular weight excluding hydrogens is 349 g/mol. The minimum absolute atomic E-state index is 0.238. The van der Waals surface area contributed by atoms with E-state index in [0.29, 0.717) is 10.9 Å². The minimum Gasteiger partial charge on any atom is -0.388 e. The largest absolute Gasteiger partial charge is 0.416 e. The van der Waals surface area contributed by atoms with Gasteiger partial charge in [-0.25, -0.2) is 0 Å². The summed E-state index contributed by atoms with van der Waals surface area (Å²) in [6.45, 7) is 0.784. The molecule has 6 heteroatoms. The van der Waals surface area contributed by atoms with Crippen molar-refractivity contribution in [1.29, 1.82) is 0 Å². The highest BCUT2D eigenvalue weighted by atomic mass is 79.9. The van der Waals surface area contributed by atoms with Crippen molar-refractivity contribution in [3.63, 3.8) is 0 Å². The topological polar surface area (TPSA) is 29.5 Å². The van der Waals surface area contributed by atoms with E-state index in [1.54, 1.807) is 0 Å². The molecule has 0 spiro atoms. The highest BCUT2D eigenvalue weighted by molar-refractivity contribution is 9.10. The van der Waals surface area contributed by atoms with E-state index < -0.39 is 17.8 Å². The Labute approximate surface area is 130 Å². The summed E-state index contributed by atoms with van der Waals surface area (Å²) in [4.78, 5) is 0. The normalized spacial score (nSPS) is 20.7. The zero-order chi connectivity index (χ0) is 15.5. The average molecular weight is 367 g/mol. The number of alkyl halides is 3. The third-order valence-corrected chi connectivity index (χ3v) is 4.43. The van der Waals surface area contributed by atoms with Gasteiger partial charge in [0.05, 0.1) is 17.8 Å². The molecule has 2 unspecified atom stereocenters. The van der Waals surface area contributed by atoms with Crippen molar-refractivity contribution in [2.24, 2.45) is 0 Å². The number of aliphatic hydroxyl groups is 1. The van der Waals surface area contributed by atoms with Crippen molar-refractivity contribution in [2.75, 3.05) is 6.61 Å². The van der Waals surface area contributed by atoms with Gasteiger partial charge in [0.2, 0.25) is 0 Å². The van der Waals surface area contributed by atoms with Gasteiger partial charge in [-0.2, -0.15) is 13.2 Å². The first-order valence-electron chi connectivity index (χ1n) is 7.04. The number of rotatable bonds is 5. The lowest BCUT2D eigenvalue weighted by Crippen LogP contribution is -2.09. The van der Waals surface area contributed by atoms with E-state index in [1.165, 1.54) is 6.07 Å². The molecule has 2 rings (SSSR count). The second kappa shape index (κ2) is 7.11. The zero-order valence-electron chi connectivity index (χ0n) is 11.5. The van der Waals surface area contributed by atoms with Gasteiger partial charge in [-0.3, -0.25) is 0 Å². The van der Waals surface area contributed by atoms with E-state index in [0.717, 1.165) is 44.4 Å². The maximum absolute atomic E-state index is 12.7. The summed E-state index contributed by atoms with van der Waals surface area (Å²) in [5.74, 6) is 0. The molecule has 0 saturated carbocycles. The van der Waals surface area contributed by atoms with Gasteiger partial charge in [0.25, 0.3) is 0 Å². The molecule has 0 bridgehead atoms. The Bertz CT molecular complexity index is 470. The third-order valence-electron chi connectivity index (χ3n) is 3.71. The second-order valence-electron chi connectivity index (χ2n) is 5.32. The fourth-order valence-corrected chi connectivity index (χ4v) is 3.05. The van der Waals surface area contributed by atoms with Crippen LogP contribution < -0.4 is 0 Å². The summed E-state index contributed by atoms with van der Waals surface area (Å²) >= 11 is 3.20. The molecule has 1 aliphatic heterocycles. The standard InChI is InChI=1S/C15H18BrF3O2/c16-13-7-6-10(15(17,18)19)9-12(13)14(20)5-1-3-11-4-2-8-21-11/h6-7,9,11,14,20H,1-5,8H2. The van der Waals surface area contributed by atoms with Crippen LogP contribution in [0.3, 0.4) is 0 Å². The Balaban J connectivity index is 1.95. The van der Waals surface area contributed by atoms with Crippen LogP contribution in [-0.4, -0.2) is 17.8 Å². The first kappa shape index (κ1) is 16.8. The van der Waals surface area contributed by atoms with Crippen LogP contribution in [0.5, 0.6) is 0 Å². The van der Waals surface area contributed by atoms with E-state index in [1.807, 2.05) is 0 Å². The van der Waals surface area contributed by atoms with Crippen LogP contribution in [0.15, 0.2) is 22.7 Å². The van der Waals surface area contributed by atoms with E-state index in [4.69, 9.17) is 4.74 Å². The molecule has 2 atom stereocenters. The first-order valence-corrected chi connectivity index (χ1v) is 7.83. The maximum Gasteiger partial charge on any atom is 0.416 e. The van der Waals surface area contributed by atoms with Crippen LogP contribution in [0.2, 0.25) is 0 Å². The van der Waals surface area contributed by atoms with E-state index in [9.17, 15) is 18.3 Å². The molecule has 0 aromatic heterocycles. The van der Waals surface area contributed by atoms with Gasteiger partial charge in [0.1, 0.15) is 0 Å². The zero-order valence-corrected chi connectivity index (χ0v) is 13.1. The lowest BCUT2D eigenvalue weighted by Gasteiger charge is -2.16. The monoisotopic (exact) mass is 366 g/mol. The van der Waals surface area contributed by atoms with E-state index >= 15 is 0 Å². The number of ether oxygens (including phenoxy) is 1. The van der Waals surface area contributed by atoms with Crippen molar-refractivity contribution < 1.29 is 23.0 Å². The molecule has 1 saturated heterocycles. The molecular formula is C15H18BrF3O2. The van der Waals surface area contributed by atoms with Gasteiger partial charge in [-0.15, -0.1) is 0 Å². The van der Waals surface area contributed by atoms with Crippen LogP contribution in [0.25, 0.3) is 0 Å². The Morgan fingerprint density at radius 2 is 2.14 bits per heavy atom. The van der Waals surface area contributed by atoms with Crippen LogP contribution >= 0.6 is 15.9 Å². The van der Waals surface area contributed by atoms with Crippen LogP contribution in [0.1, 0.15) is 49.3 Å². The van der Waals surface area contributed by atoms with Gasteiger partial charge in [0, 0.05) is 11.1 Å². The number of hydrogen-bond donors (Lipinski definition) is 1. The molecule has 0 aliphatic carbocycles. The predicted octanol–water partition coefficient (Wildman–Crippen LogP) is 4.85. The van der Waals surface area contributed by atoms with Gasteiger partial charge in [-0.1, -0.05) is 15.9 Å². The Morgan fingerprint density at radius 3 is 2.76 bits per heavy atom. The molecule has 118 valence electrons. The van der Waals surface area contributed by atoms with E-state index in [2.05, 4.69) is 15.9 Å². The van der Waals surface area contributed by atoms with Crippen LogP contribution in [0, 0.1) is 0 Å². The smallest absolute Gasteiger partial charge is 0.388 e. The summed E-state index contributed by atoms with van der Waals surface area (Å²) in [5.41, 5.74) is -0.448. The third kappa shape index (κ3) is 4.69. The molecule has 1 aromatic carbocycles. The molecule has 1 N–H and O–H groups in total. The van der Waals surface area contributed by atoms with Crippen molar-refractivity contribution in [2.45, 2.75) is 50.5 Å². The van der Waals surface area contributed by atoms with Crippen molar-refractivity contribution in [3.05, 3.63) is 33.8 Å². The summed E-state index contributed by atoms with van der Waals surface area (Å²) in [7, 11) is 0. The highest BCUT2D eigenvalue weighted by Crippen LogP contribution is 2.35.